The summed E-state index contributed by atoms with van der Waals surface area (Å²) >= 11 is 0. The minimum Gasteiger partial charge on any atom is -0.394 e. The standard InChI is InChI=1S/C18H31NO5/c1-16-3-11-4-17(2,8-16)10-18(5-11,9-16)19-12(6-20)14(23)15(24)13(22)7-21/h11-13,15,19-22,24H,3-10H2,1-2H3/t11?,12?,13-,15?,16+,17+,18?/m1/s1. The van der Waals surface area contributed by atoms with Crippen LogP contribution >= 0.6 is 0 Å². The number of nitrogens with one attached hydrogen (secondary N) is 1. The van der Waals surface area contributed by atoms with E-state index in [0.29, 0.717) is 5.92 Å². The fourth-order valence-corrected chi connectivity index (χ4v) is 6.68. The Labute approximate surface area is 143 Å². The summed E-state index contributed by atoms with van der Waals surface area (Å²) in [4.78, 5) is 12.4. The Balaban J connectivity index is 1.77. The van der Waals surface area contributed by atoms with Crippen LogP contribution in [-0.4, -0.2) is 63.2 Å². The van der Waals surface area contributed by atoms with Gasteiger partial charge in [0, 0.05) is 5.54 Å². The Hall–Kier alpha value is -0.530. The van der Waals surface area contributed by atoms with Gasteiger partial charge in [0.05, 0.1) is 19.3 Å². The molecule has 5 N–H and O–H groups in total. The zero-order chi connectivity index (χ0) is 17.8. The fourth-order valence-electron chi connectivity index (χ4n) is 6.68. The Kier molecular flexibility index (Phi) is 4.58. The van der Waals surface area contributed by atoms with E-state index in [0.717, 1.165) is 19.3 Å². The molecular weight excluding hydrogens is 310 g/mol. The lowest BCUT2D eigenvalue weighted by Gasteiger charge is -2.66. The van der Waals surface area contributed by atoms with Crippen molar-refractivity contribution in [3.05, 3.63) is 0 Å². The third-order valence-electron chi connectivity index (χ3n) is 6.48. The van der Waals surface area contributed by atoms with E-state index < -0.39 is 37.2 Å². The first-order valence-electron chi connectivity index (χ1n) is 9.03. The zero-order valence-electron chi connectivity index (χ0n) is 14.7. The van der Waals surface area contributed by atoms with Crippen molar-refractivity contribution in [1.29, 1.82) is 0 Å². The van der Waals surface area contributed by atoms with Crippen LogP contribution in [0, 0.1) is 16.7 Å². The molecule has 6 heteroatoms. The molecule has 4 bridgehead atoms. The molecular formula is C18H31NO5. The third-order valence-corrected chi connectivity index (χ3v) is 6.48. The summed E-state index contributed by atoms with van der Waals surface area (Å²) in [6.45, 7) is 3.54. The van der Waals surface area contributed by atoms with E-state index in [2.05, 4.69) is 19.2 Å². The molecule has 4 aliphatic carbocycles. The van der Waals surface area contributed by atoms with Gasteiger partial charge in [-0.25, -0.2) is 0 Å². The monoisotopic (exact) mass is 341 g/mol. The molecule has 4 rings (SSSR count). The van der Waals surface area contributed by atoms with Gasteiger partial charge in [-0.2, -0.15) is 0 Å². The Bertz CT molecular complexity index is 492. The van der Waals surface area contributed by atoms with Crippen LogP contribution in [0.5, 0.6) is 0 Å². The van der Waals surface area contributed by atoms with Gasteiger partial charge in [0.1, 0.15) is 12.2 Å². The van der Waals surface area contributed by atoms with Crippen LogP contribution < -0.4 is 5.32 Å². The largest absolute Gasteiger partial charge is 0.394 e. The van der Waals surface area contributed by atoms with Crippen LogP contribution in [0.15, 0.2) is 0 Å². The van der Waals surface area contributed by atoms with Crippen LogP contribution in [0.3, 0.4) is 0 Å². The molecule has 0 aliphatic heterocycles. The average Bonchev–Trinajstić information content (AvgIpc) is 2.46. The van der Waals surface area contributed by atoms with E-state index in [1.54, 1.807) is 0 Å². The second-order valence-electron chi connectivity index (χ2n) is 9.39. The number of rotatable bonds is 7. The predicted octanol–water partition coefficient (Wildman–Crippen LogP) is -0.0309. The van der Waals surface area contributed by atoms with Crippen molar-refractivity contribution in [3.8, 4) is 0 Å². The van der Waals surface area contributed by atoms with Crippen molar-refractivity contribution < 1.29 is 25.2 Å². The van der Waals surface area contributed by atoms with Gasteiger partial charge >= 0.3 is 0 Å². The number of aliphatic hydroxyl groups is 4. The van der Waals surface area contributed by atoms with Gasteiger partial charge < -0.3 is 20.4 Å². The maximum absolute atomic E-state index is 12.4. The number of Topliss-reactive ketones (excluding diaryl/α,β-unsaturated/α-hetero) is 1. The number of hydrogen-bond donors (Lipinski definition) is 5. The molecule has 0 amide bonds. The number of hydrogen-bond acceptors (Lipinski definition) is 6. The van der Waals surface area contributed by atoms with Crippen molar-refractivity contribution in [2.75, 3.05) is 13.2 Å². The van der Waals surface area contributed by atoms with Crippen LogP contribution in [0.25, 0.3) is 0 Å². The smallest absolute Gasteiger partial charge is 0.183 e. The van der Waals surface area contributed by atoms with Crippen LogP contribution in [0.2, 0.25) is 0 Å². The fraction of sp³-hybridized carbons (Fsp3) is 0.944. The summed E-state index contributed by atoms with van der Waals surface area (Å²) in [6, 6.07) is -0.912. The molecule has 4 aliphatic rings. The van der Waals surface area contributed by atoms with E-state index in [1.807, 2.05) is 0 Å². The molecule has 2 unspecified atom stereocenters. The summed E-state index contributed by atoms with van der Waals surface area (Å²) < 4.78 is 0. The second-order valence-corrected chi connectivity index (χ2v) is 9.39. The number of carbonyl (C=O) groups is 1. The van der Waals surface area contributed by atoms with Crippen LogP contribution in [-0.2, 0) is 4.79 Å². The van der Waals surface area contributed by atoms with E-state index in [4.69, 9.17) is 5.11 Å². The van der Waals surface area contributed by atoms with Gasteiger partial charge in [0.25, 0.3) is 0 Å². The Morgan fingerprint density at radius 3 is 2.08 bits per heavy atom. The first-order chi connectivity index (χ1) is 11.1. The molecule has 0 heterocycles. The molecule has 138 valence electrons. The van der Waals surface area contributed by atoms with Crippen molar-refractivity contribution in [2.45, 2.75) is 76.2 Å². The minimum absolute atomic E-state index is 0.185. The lowest BCUT2D eigenvalue weighted by molar-refractivity contribution is -0.145. The van der Waals surface area contributed by atoms with Crippen LogP contribution in [0.1, 0.15) is 52.4 Å². The summed E-state index contributed by atoms with van der Waals surface area (Å²) in [5.74, 6) is -0.00347. The maximum Gasteiger partial charge on any atom is 0.183 e. The molecule has 4 fully saturated rings. The van der Waals surface area contributed by atoms with Crippen LogP contribution in [0.4, 0.5) is 0 Å². The van der Waals surface area contributed by atoms with Gasteiger partial charge in [-0.1, -0.05) is 13.8 Å². The van der Waals surface area contributed by atoms with Gasteiger partial charge in [0.2, 0.25) is 0 Å². The molecule has 0 aromatic heterocycles. The van der Waals surface area contributed by atoms with Crippen molar-refractivity contribution in [2.24, 2.45) is 16.7 Å². The molecule has 0 aromatic carbocycles. The highest BCUT2D eigenvalue weighted by Crippen LogP contribution is 2.66. The van der Waals surface area contributed by atoms with Gasteiger partial charge in [-0.3, -0.25) is 10.1 Å². The van der Waals surface area contributed by atoms with E-state index in [-0.39, 0.29) is 16.4 Å². The van der Waals surface area contributed by atoms with Gasteiger partial charge in [-0.05, 0) is 55.3 Å². The zero-order valence-corrected chi connectivity index (χ0v) is 14.7. The summed E-state index contributed by atoms with van der Waals surface area (Å²) in [7, 11) is 0. The summed E-state index contributed by atoms with van der Waals surface area (Å²) in [6.07, 6.45) is 3.44. The molecule has 4 saturated carbocycles. The van der Waals surface area contributed by atoms with Crippen molar-refractivity contribution in [1.82, 2.24) is 5.32 Å². The molecule has 0 radical (unpaired) electrons. The predicted molar refractivity (Wildman–Crippen MR) is 88.3 cm³/mol. The second kappa shape index (κ2) is 6.02. The highest BCUT2D eigenvalue weighted by atomic mass is 16.4. The van der Waals surface area contributed by atoms with E-state index in [1.165, 1.54) is 19.3 Å². The molecule has 0 aromatic rings. The lowest BCUT2D eigenvalue weighted by atomic mass is 9.42. The van der Waals surface area contributed by atoms with Gasteiger partial charge in [-0.15, -0.1) is 0 Å². The first kappa shape index (κ1) is 18.3. The number of carbonyl (C=O) groups excluding carboxylic acids is 1. The Morgan fingerprint density at radius 1 is 1.04 bits per heavy atom. The van der Waals surface area contributed by atoms with E-state index >= 15 is 0 Å². The molecule has 6 nitrogen and oxygen atoms in total. The highest BCUT2D eigenvalue weighted by Gasteiger charge is 2.60. The summed E-state index contributed by atoms with van der Waals surface area (Å²) in [5.41, 5.74) is 0.358. The van der Waals surface area contributed by atoms with Crippen molar-refractivity contribution >= 4 is 5.78 Å². The lowest BCUT2D eigenvalue weighted by Crippen LogP contribution is -2.67. The summed E-state index contributed by atoms with van der Waals surface area (Å²) in [5, 5.41) is 41.4. The topological polar surface area (TPSA) is 110 Å². The first-order valence-corrected chi connectivity index (χ1v) is 9.03. The minimum atomic E-state index is -1.68. The highest BCUT2D eigenvalue weighted by molar-refractivity contribution is 5.88. The van der Waals surface area contributed by atoms with Crippen molar-refractivity contribution in [3.63, 3.8) is 0 Å². The quantitative estimate of drug-likeness (QED) is 0.445. The normalized spacial score (nSPS) is 44.3. The molecule has 24 heavy (non-hydrogen) atoms. The molecule has 0 spiro atoms. The molecule has 5 atom stereocenters. The molecule has 0 saturated heterocycles. The Morgan fingerprint density at radius 2 is 1.62 bits per heavy atom. The van der Waals surface area contributed by atoms with E-state index in [9.17, 15) is 20.1 Å². The number of aliphatic hydroxyl groups excluding tert-OH is 4. The average molecular weight is 341 g/mol. The third kappa shape index (κ3) is 3.15. The number of ketones is 1. The SMILES string of the molecule is C[C@@]12CC3CC(NC(CO)C(=O)C(O)[C@H](O)CO)(C1)C[C@@](C)(C3)C2. The van der Waals surface area contributed by atoms with Gasteiger partial charge in [0.15, 0.2) is 5.78 Å². The maximum atomic E-state index is 12.4.